The molecule has 2 N–H and O–H groups in total. The van der Waals surface area contributed by atoms with Gasteiger partial charge in [-0.25, -0.2) is 0 Å². The van der Waals surface area contributed by atoms with Gasteiger partial charge in [0.05, 0.1) is 6.26 Å². The van der Waals surface area contributed by atoms with Crippen molar-refractivity contribution in [1.82, 2.24) is 5.32 Å². The monoisotopic (exact) mass is 402 g/mol. The lowest BCUT2D eigenvalue weighted by atomic mass is 10.1. The largest absolute Gasteiger partial charge is 0.489 e. The molecule has 3 aromatic rings. The van der Waals surface area contributed by atoms with Crippen molar-refractivity contribution in [2.24, 2.45) is 0 Å². The Hall–Kier alpha value is -4.06. The van der Waals surface area contributed by atoms with Crippen LogP contribution in [0.5, 0.6) is 5.75 Å². The average Bonchev–Trinajstić information content (AvgIpc) is 3.25. The van der Waals surface area contributed by atoms with Gasteiger partial charge in [0.15, 0.2) is 0 Å². The second kappa shape index (κ2) is 9.93. The van der Waals surface area contributed by atoms with Crippen molar-refractivity contribution < 1.29 is 18.7 Å². The summed E-state index contributed by atoms with van der Waals surface area (Å²) < 4.78 is 10.8. The van der Waals surface area contributed by atoms with Gasteiger partial charge in [0, 0.05) is 23.4 Å². The third-order valence-electron chi connectivity index (χ3n) is 4.17. The number of carbonyl (C=O) groups is 2. The Balaban J connectivity index is 1.82. The molecule has 0 aliphatic rings. The van der Waals surface area contributed by atoms with Crippen molar-refractivity contribution in [3.05, 3.63) is 102 Å². The first-order valence-electron chi connectivity index (χ1n) is 9.34. The van der Waals surface area contributed by atoms with Crippen LogP contribution in [0.2, 0.25) is 0 Å². The summed E-state index contributed by atoms with van der Waals surface area (Å²) in [7, 11) is 0. The molecule has 0 aliphatic heterocycles. The van der Waals surface area contributed by atoms with Crippen LogP contribution >= 0.6 is 0 Å². The zero-order valence-electron chi connectivity index (χ0n) is 16.6. The molecule has 1 heterocycles. The number of carbonyl (C=O) groups excluding carboxylic acids is 2. The smallest absolute Gasteiger partial charge is 0.272 e. The summed E-state index contributed by atoms with van der Waals surface area (Å²) in [4.78, 5) is 25.7. The molecule has 0 aliphatic carbocycles. The molecular formula is C24H22N2O4. The highest BCUT2D eigenvalue weighted by atomic mass is 16.5. The number of anilines is 1. The fourth-order valence-electron chi connectivity index (χ4n) is 2.71. The van der Waals surface area contributed by atoms with Crippen LogP contribution in [-0.2, 0) is 4.79 Å². The third-order valence-corrected chi connectivity index (χ3v) is 4.17. The highest BCUT2D eigenvalue weighted by Crippen LogP contribution is 2.18. The van der Waals surface area contributed by atoms with Crippen LogP contribution in [-0.4, -0.2) is 18.4 Å². The quantitative estimate of drug-likeness (QED) is 0.427. The van der Waals surface area contributed by atoms with E-state index >= 15 is 0 Å². The van der Waals surface area contributed by atoms with E-state index in [9.17, 15) is 9.59 Å². The molecule has 0 spiro atoms. The Labute approximate surface area is 174 Å². The number of aryl methyl sites for hydroxylation is 1. The number of nitrogens with one attached hydrogen (secondary N) is 2. The van der Waals surface area contributed by atoms with Gasteiger partial charge in [0.1, 0.15) is 23.8 Å². The molecule has 2 aromatic carbocycles. The molecule has 152 valence electrons. The number of ether oxygens (including phenoxy) is 1. The Bertz CT molecular complexity index is 1070. The van der Waals surface area contributed by atoms with E-state index in [2.05, 4.69) is 17.2 Å². The van der Waals surface area contributed by atoms with E-state index in [1.165, 1.54) is 12.3 Å². The lowest BCUT2D eigenvalue weighted by Crippen LogP contribution is -2.31. The van der Waals surface area contributed by atoms with Gasteiger partial charge in [-0.3, -0.25) is 9.59 Å². The minimum atomic E-state index is -0.491. The molecule has 0 fully saturated rings. The predicted molar refractivity (Wildman–Crippen MR) is 116 cm³/mol. The van der Waals surface area contributed by atoms with Gasteiger partial charge < -0.3 is 19.8 Å². The normalized spacial score (nSPS) is 10.9. The Morgan fingerprint density at radius 2 is 1.93 bits per heavy atom. The molecular weight excluding hydrogens is 380 g/mol. The summed E-state index contributed by atoms with van der Waals surface area (Å²) in [6, 6.07) is 17.5. The number of hydrogen-bond donors (Lipinski definition) is 2. The van der Waals surface area contributed by atoms with Gasteiger partial charge in [-0.2, -0.15) is 0 Å². The predicted octanol–water partition coefficient (Wildman–Crippen LogP) is 4.56. The first kappa shape index (κ1) is 20.7. The van der Waals surface area contributed by atoms with Crippen molar-refractivity contribution in [2.75, 3.05) is 11.9 Å². The van der Waals surface area contributed by atoms with Gasteiger partial charge in [-0.15, -0.1) is 0 Å². The Morgan fingerprint density at radius 1 is 1.10 bits per heavy atom. The van der Waals surface area contributed by atoms with E-state index in [0.29, 0.717) is 29.4 Å². The summed E-state index contributed by atoms with van der Waals surface area (Å²) in [5.74, 6) is 0.153. The number of rotatable bonds is 8. The van der Waals surface area contributed by atoms with E-state index in [1.807, 2.05) is 19.1 Å². The molecule has 0 atom stereocenters. The highest BCUT2D eigenvalue weighted by Gasteiger charge is 2.17. The first-order chi connectivity index (χ1) is 14.6. The second-order valence-corrected chi connectivity index (χ2v) is 6.42. The summed E-state index contributed by atoms with van der Waals surface area (Å²) in [6.45, 7) is 5.80. The minimum absolute atomic E-state index is 0.0515. The second-order valence-electron chi connectivity index (χ2n) is 6.42. The van der Waals surface area contributed by atoms with Gasteiger partial charge in [0.25, 0.3) is 11.8 Å². The maximum absolute atomic E-state index is 12.9. The van der Waals surface area contributed by atoms with Gasteiger partial charge in [-0.1, -0.05) is 36.9 Å². The van der Waals surface area contributed by atoms with Crippen LogP contribution in [0.1, 0.15) is 21.7 Å². The molecule has 2 amide bonds. The van der Waals surface area contributed by atoms with E-state index in [4.69, 9.17) is 9.15 Å². The van der Waals surface area contributed by atoms with Crippen LogP contribution < -0.4 is 15.4 Å². The third kappa shape index (κ3) is 5.48. The molecule has 6 heteroatoms. The fraction of sp³-hybridized carbons (Fsp3) is 0.0833. The SMILES string of the molecule is C=CCOc1cccc(NC(=O)/C(=C/c2ccco2)NC(=O)c2ccccc2C)c1. The van der Waals surface area contributed by atoms with Gasteiger partial charge >= 0.3 is 0 Å². The van der Waals surface area contributed by atoms with E-state index in [-0.39, 0.29) is 11.6 Å². The lowest BCUT2D eigenvalue weighted by molar-refractivity contribution is -0.113. The topological polar surface area (TPSA) is 80.6 Å². The maximum Gasteiger partial charge on any atom is 0.272 e. The molecule has 0 saturated heterocycles. The molecule has 1 aromatic heterocycles. The number of benzene rings is 2. The number of amides is 2. The minimum Gasteiger partial charge on any atom is -0.489 e. The van der Waals surface area contributed by atoms with Crippen LogP contribution in [0.4, 0.5) is 5.69 Å². The molecule has 0 bridgehead atoms. The summed E-state index contributed by atoms with van der Waals surface area (Å²) in [5, 5.41) is 5.46. The average molecular weight is 402 g/mol. The van der Waals surface area contributed by atoms with Crippen molar-refractivity contribution in [3.8, 4) is 5.75 Å². The zero-order valence-corrected chi connectivity index (χ0v) is 16.6. The molecule has 30 heavy (non-hydrogen) atoms. The van der Waals surface area contributed by atoms with E-state index < -0.39 is 5.91 Å². The summed E-state index contributed by atoms with van der Waals surface area (Å²) >= 11 is 0. The molecule has 0 saturated carbocycles. The van der Waals surface area contributed by atoms with Crippen molar-refractivity contribution in [1.29, 1.82) is 0 Å². The van der Waals surface area contributed by atoms with Gasteiger partial charge in [-0.05, 0) is 42.8 Å². The van der Waals surface area contributed by atoms with Crippen LogP contribution in [0.3, 0.4) is 0 Å². The Morgan fingerprint density at radius 3 is 2.67 bits per heavy atom. The van der Waals surface area contributed by atoms with Gasteiger partial charge in [0.2, 0.25) is 0 Å². The van der Waals surface area contributed by atoms with E-state index in [0.717, 1.165) is 5.56 Å². The maximum atomic E-state index is 12.9. The fourth-order valence-corrected chi connectivity index (χ4v) is 2.71. The summed E-state index contributed by atoms with van der Waals surface area (Å²) in [6.07, 6.45) is 4.60. The molecule has 0 unspecified atom stereocenters. The van der Waals surface area contributed by atoms with Crippen molar-refractivity contribution in [3.63, 3.8) is 0 Å². The van der Waals surface area contributed by atoms with Crippen molar-refractivity contribution >= 4 is 23.6 Å². The standard InChI is InChI=1S/C24H22N2O4/c1-3-13-29-19-10-6-9-18(15-19)25-24(28)22(16-20-11-7-14-30-20)26-23(27)21-12-5-4-8-17(21)2/h3-12,14-16H,1,13H2,2H3,(H,25,28)(H,26,27)/b22-16-. The zero-order chi connectivity index (χ0) is 21.3. The van der Waals surface area contributed by atoms with Crippen LogP contribution in [0, 0.1) is 6.92 Å². The highest BCUT2D eigenvalue weighted by molar-refractivity contribution is 6.10. The summed E-state index contributed by atoms with van der Waals surface area (Å²) in [5.41, 5.74) is 1.86. The van der Waals surface area contributed by atoms with E-state index in [1.54, 1.807) is 54.6 Å². The Kier molecular flexibility index (Phi) is 6.84. The molecule has 0 radical (unpaired) electrons. The lowest BCUT2D eigenvalue weighted by Gasteiger charge is -2.12. The number of hydrogen-bond acceptors (Lipinski definition) is 4. The van der Waals surface area contributed by atoms with Crippen LogP contribution in [0.25, 0.3) is 6.08 Å². The molecule has 3 rings (SSSR count). The number of furan rings is 1. The van der Waals surface area contributed by atoms with Crippen LogP contribution in [0.15, 0.2) is 89.7 Å². The molecule has 6 nitrogen and oxygen atoms in total. The van der Waals surface area contributed by atoms with Crippen molar-refractivity contribution in [2.45, 2.75) is 6.92 Å². The first-order valence-corrected chi connectivity index (χ1v) is 9.34.